The Morgan fingerprint density at radius 3 is 2.30 bits per heavy atom. The van der Waals surface area contributed by atoms with Crippen molar-refractivity contribution in [2.24, 2.45) is 0 Å². The van der Waals surface area contributed by atoms with Crippen LogP contribution >= 0.6 is 0 Å². The lowest BCUT2D eigenvalue weighted by atomic mass is 10.2. The average Bonchev–Trinajstić information content (AvgIpc) is 2.55. The molecule has 0 spiro atoms. The quantitative estimate of drug-likeness (QED) is 0.550. The molecule has 2 aromatic carbocycles. The van der Waals surface area contributed by atoms with Crippen LogP contribution < -0.4 is 14.8 Å². The molecule has 0 bridgehead atoms. The minimum Gasteiger partial charge on any atom is -0.489 e. The van der Waals surface area contributed by atoms with E-state index in [1.165, 1.54) is 42.5 Å². The molecule has 2 aromatic rings. The summed E-state index contributed by atoms with van der Waals surface area (Å²) >= 11 is 0. The number of amides is 1. The van der Waals surface area contributed by atoms with Crippen LogP contribution in [0, 0.1) is 10.1 Å². The van der Waals surface area contributed by atoms with Crippen LogP contribution in [-0.2, 0) is 10.0 Å². The van der Waals surface area contributed by atoms with Gasteiger partial charge in [0.05, 0.1) is 23.0 Å². The van der Waals surface area contributed by atoms with Crippen molar-refractivity contribution in [2.45, 2.75) is 20.0 Å². The normalized spacial score (nSPS) is 11.1. The first-order valence-electron chi connectivity index (χ1n) is 7.89. The van der Waals surface area contributed by atoms with E-state index in [2.05, 4.69) is 10.0 Å². The maximum Gasteiger partial charge on any atom is 0.269 e. The van der Waals surface area contributed by atoms with Crippen molar-refractivity contribution in [2.75, 3.05) is 16.3 Å². The summed E-state index contributed by atoms with van der Waals surface area (Å²) in [6.45, 7) is 3.57. The smallest absolute Gasteiger partial charge is 0.269 e. The summed E-state index contributed by atoms with van der Waals surface area (Å²) in [5.74, 6) is -0.207. The lowest BCUT2D eigenvalue weighted by molar-refractivity contribution is -0.384. The third-order valence-corrected chi connectivity index (χ3v) is 3.83. The third-order valence-electron chi connectivity index (χ3n) is 3.24. The first-order valence-corrected chi connectivity index (χ1v) is 9.78. The van der Waals surface area contributed by atoms with Gasteiger partial charge < -0.3 is 10.1 Å². The number of anilines is 2. The molecule has 0 heterocycles. The van der Waals surface area contributed by atoms with Crippen LogP contribution in [0.2, 0.25) is 0 Å². The highest BCUT2D eigenvalue weighted by atomic mass is 32.2. The molecular formula is C17H19N3O6S. The van der Waals surface area contributed by atoms with Crippen molar-refractivity contribution in [3.63, 3.8) is 0 Å². The molecule has 0 fully saturated rings. The van der Waals surface area contributed by atoms with Crippen molar-refractivity contribution in [3.05, 3.63) is 58.1 Å². The predicted molar refractivity (Wildman–Crippen MR) is 102 cm³/mol. The van der Waals surface area contributed by atoms with Gasteiger partial charge in [-0.05, 0) is 38.1 Å². The van der Waals surface area contributed by atoms with E-state index in [0.717, 1.165) is 6.26 Å². The summed E-state index contributed by atoms with van der Waals surface area (Å²) in [6.07, 6.45) is 0.807. The minimum absolute atomic E-state index is 0.115. The van der Waals surface area contributed by atoms with Crippen LogP contribution in [0.25, 0.3) is 0 Å². The van der Waals surface area contributed by atoms with Crippen molar-refractivity contribution >= 4 is 33.0 Å². The van der Waals surface area contributed by atoms with Crippen LogP contribution in [-0.4, -0.2) is 31.6 Å². The number of carbonyl (C=O) groups is 1. The van der Waals surface area contributed by atoms with Gasteiger partial charge in [-0.15, -0.1) is 0 Å². The van der Waals surface area contributed by atoms with Gasteiger partial charge in [0.1, 0.15) is 5.75 Å². The number of hydrogen-bond acceptors (Lipinski definition) is 6. The number of hydrogen-bond donors (Lipinski definition) is 2. The summed E-state index contributed by atoms with van der Waals surface area (Å²) in [7, 11) is -3.50. The Labute approximate surface area is 156 Å². The van der Waals surface area contributed by atoms with Crippen LogP contribution in [0.5, 0.6) is 5.75 Å². The van der Waals surface area contributed by atoms with E-state index in [1.807, 2.05) is 0 Å². The Morgan fingerprint density at radius 2 is 1.78 bits per heavy atom. The highest BCUT2D eigenvalue weighted by molar-refractivity contribution is 7.92. The van der Waals surface area contributed by atoms with Crippen LogP contribution in [0.15, 0.2) is 42.5 Å². The number of carbonyl (C=O) groups excluding carboxylic acids is 1. The molecule has 27 heavy (non-hydrogen) atoms. The van der Waals surface area contributed by atoms with E-state index >= 15 is 0 Å². The Kier molecular flexibility index (Phi) is 6.01. The maximum absolute atomic E-state index is 12.3. The zero-order valence-electron chi connectivity index (χ0n) is 14.9. The standard InChI is InChI=1S/C17H19N3O6S/c1-11(2)26-16-10-13(6-9-15(16)19-27(3,24)25)18-17(21)12-4-7-14(8-5-12)20(22)23/h4-11,19H,1-3H3,(H,18,21). The minimum atomic E-state index is -3.50. The number of nitrogens with one attached hydrogen (secondary N) is 2. The fraction of sp³-hybridized carbons (Fsp3) is 0.235. The van der Waals surface area contributed by atoms with Gasteiger partial charge in [-0.3, -0.25) is 19.6 Å². The van der Waals surface area contributed by atoms with E-state index in [4.69, 9.17) is 4.74 Å². The molecule has 0 unspecified atom stereocenters. The monoisotopic (exact) mass is 393 g/mol. The molecule has 0 aliphatic carbocycles. The molecule has 0 saturated heterocycles. The van der Waals surface area contributed by atoms with Crippen molar-refractivity contribution in [3.8, 4) is 5.75 Å². The zero-order valence-corrected chi connectivity index (χ0v) is 15.7. The topological polar surface area (TPSA) is 128 Å². The lowest BCUT2D eigenvalue weighted by Crippen LogP contribution is -2.15. The van der Waals surface area contributed by atoms with Crippen LogP contribution in [0.4, 0.5) is 17.1 Å². The van der Waals surface area contributed by atoms with Crippen molar-refractivity contribution in [1.29, 1.82) is 0 Å². The first-order chi connectivity index (χ1) is 12.5. The molecule has 0 aliphatic rings. The van der Waals surface area contributed by atoms with Gasteiger partial charge in [0.25, 0.3) is 11.6 Å². The molecule has 144 valence electrons. The summed E-state index contributed by atoms with van der Waals surface area (Å²) in [5, 5.41) is 13.3. The number of rotatable bonds is 7. The fourth-order valence-corrected chi connectivity index (χ4v) is 2.74. The van der Waals surface area contributed by atoms with Gasteiger partial charge in [0.15, 0.2) is 0 Å². The fourth-order valence-electron chi connectivity index (χ4n) is 2.17. The number of nitrogens with zero attached hydrogens (tertiary/aromatic N) is 1. The highest BCUT2D eigenvalue weighted by Crippen LogP contribution is 2.30. The predicted octanol–water partition coefficient (Wildman–Crippen LogP) is 3.01. The van der Waals surface area contributed by atoms with Gasteiger partial charge in [-0.25, -0.2) is 8.42 Å². The van der Waals surface area contributed by atoms with Crippen LogP contribution in [0.3, 0.4) is 0 Å². The number of non-ortho nitro benzene ring substituents is 1. The molecule has 2 rings (SSSR count). The zero-order chi connectivity index (χ0) is 20.2. The van der Waals surface area contributed by atoms with Crippen LogP contribution in [0.1, 0.15) is 24.2 Å². The summed E-state index contributed by atoms with van der Waals surface area (Å²) in [4.78, 5) is 22.4. The molecular weight excluding hydrogens is 374 g/mol. The largest absolute Gasteiger partial charge is 0.489 e. The number of sulfonamides is 1. The third kappa shape index (κ3) is 5.96. The number of ether oxygens (including phenoxy) is 1. The Bertz CT molecular complexity index is 955. The Hall–Kier alpha value is -3.14. The second-order valence-electron chi connectivity index (χ2n) is 6.01. The number of nitro groups is 1. The maximum atomic E-state index is 12.3. The van der Waals surface area contributed by atoms with Gasteiger partial charge in [-0.2, -0.15) is 0 Å². The summed E-state index contributed by atoms with van der Waals surface area (Å²) in [6, 6.07) is 9.66. The van der Waals surface area contributed by atoms with Gasteiger partial charge >= 0.3 is 0 Å². The Morgan fingerprint density at radius 1 is 1.15 bits per heavy atom. The van der Waals surface area contributed by atoms with E-state index in [1.54, 1.807) is 13.8 Å². The molecule has 9 nitrogen and oxygen atoms in total. The summed E-state index contributed by atoms with van der Waals surface area (Å²) < 4.78 is 30.9. The van der Waals surface area contributed by atoms with Gasteiger partial charge in [0.2, 0.25) is 10.0 Å². The number of nitro benzene ring substituents is 1. The molecule has 0 radical (unpaired) electrons. The van der Waals surface area contributed by atoms with E-state index in [-0.39, 0.29) is 28.8 Å². The molecule has 0 aromatic heterocycles. The summed E-state index contributed by atoms with van der Waals surface area (Å²) in [5.41, 5.74) is 0.758. The Balaban J connectivity index is 2.24. The first kappa shape index (κ1) is 20.2. The molecule has 10 heteroatoms. The van der Waals surface area contributed by atoms with Crippen molar-refractivity contribution in [1.82, 2.24) is 0 Å². The second-order valence-corrected chi connectivity index (χ2v) is 7.76. The lowest BCUT2D eigenvalue weighted by Gasteiger charge is -2.16. The molecule has 0 atom stereocenters. The van der Waals surface area contributed by atoms with E-state index < -0.39 is 20.9 Å². The molecule has 0 aliphatic heterocycles. The van der Waals surface area contributed by atoms with Gasteiger partial charge in [0, 0.05) is 29.4 Å². The SMILES string of the molecule is CC(C)Oc1cc(NC(=O)c2ccc([N+](=O)[O-])cc2)ccc1NS(C)(=O)=O. The second kappa shape index (κ2) is 8.04. The van der Waals surface area contributed by atoms with Gasteiger partial charge in [-0.1, -0.05) is 0 Å². The average molecular weight is 393 g/mol. The molecule has 2 N–H and O–H groups in total. The molecule has 0 saturated carbocycles. The van der Waals surface area contributed by atoms with E-state index in [0.29, 0.717) is 5.69 Å². The van der Waals surface area contributed by atoms with Crippen molar-refractivity contribution < 1.29 is 22.9 Å². The number of benzene rings is 2. The molecule has 1 amide bonds. The highest BCUT2D eigenvalue weighted by Gasteiger charge is 2.14. The van der Waals surface area contributed by atoms with E-state index in [9.17, 15) is 23.3 Å².